The second-order valence-corrected chi connectivity index (χ2v) is 6.01. The Hall–Kier alpha value is -3.74. The lowest BCUT2D eigenvalue weighted by molar-refractivity contribution is -0.136. The maximum absolute atomic E-state index is 10.6. The molecule has 0 aliphatic heterocycles. The number of aliphatic carboxylic acids is 1. The lowest BCUT2D eigenvalue weighted by atomic mass is 10.1. The maximum atomic E-state index is 10.6. The molecular formula is C20H19N5O2. The highest BCUT2D eigenvalue weighted by Crippen LogP contribution is 2.20. The molecule has 136 valence electrons. The fourth-order valence-corrected chi connectivity index (χ4v) is 2.53. The van der Waals surface area contributed by atoms with Gasteiger partial charge in [0.15, 0.2) is 5.82 Å². The molecule has 0 bridgehead atoms. The third kappa shape index (κ3) is 4.88. The van der Waals surface area contributed by atoms with Gasteiger partial charge in [-0.3, -0.25) is 10.2 Å². The summed E-state index contributed by atoms with van der Waals surface area (Å²) in [6, 6.07) is 18.5. The number of carboxylic acid groups (broad SMARTS) is 1. The molecule has 0 fully saturated rings. The molecule has 3 aromatic rings. The Morgan fingerprint density at radius 1 is 1.00 bits per heavy atom. The average molecular weight is 361 g/mol. The average Bonchev–Trinajstić information content (AvgIpc) is 2.68. The number of nitrogens with zero attached hydrogens (tertiary/aromatic N) is 2. The zero-order chi connectivity index (χ0) is 19.2. The zero-order valence-electron chi connectivity index (χ0n) is 14.5. The first-order valence-electron chi connectivity index (χ1n) is 8.37. The van der Waals surface area contributed by atoms with Crippen molar-refractivity contribution < 1.29 is 9.90 Å². The molecule has 0 spiro atoms. The van der Waals surface area contributed by atoms with Crippen LogP contribution >= 0.6 is 0 Å². The smallest absolute Gasteiger partial charge is 0.303 e. The van der Waals surface area contributed by atoms with Gasteiger partial charge in [0.1, 0.15) is 5.84 Å². The summed E-state index contributed by atoms with van der Waals surface area (Å²) in [5, 5.41) is 27.7. The van der Waals surface area contributed by atoms with Gasteiger partial charge in [-0.15, -0.1) is 10.2 Å². The van der Waals surface area contributed by atoms with Crippen molar-refractivity contribution in [1.29, 1.82) is 5.41 Å². The first-order valence-corrected chi connectivity index (χ1v) is 8.37. The zero-order valence-corrected chi connectivity index (χ0v) is 14.5. The highest BCUT2D eigenvalue weighted by atomic mass is 16.4. The number of nitrogen functional groups attached to an aromatic ring is 1. The van der Waals surface area contributed by atoms with Gasteiger partial charge in [0, 0.05) is 23.2 Å². The summed E-state index contributed by atoms with van der Waals surface area (Å²) in [4.78, 5) is 10.6. The van der Waals surface area contributed by atoms with E-state index in [1.54, 1.807) is 12.1 Å². The number of carbonyl (C=O) groups is 1. The molecule has 0 aliphatic rings. The van der Waals surface area contributed by atoms with Crippen LogP contribution in [0.2, 0.25) is 0 Å². The monoisotopic (exact) mass is 361 g/mol. The van der Waals surface area contributed by atoms with E-state index in [4.69, 9.17) is 16.2 Å². The van der Waals surface area contributed by atoms with Gasteiger partial charge in [0.2, 0.25) is 0 Å². The van der Waals surface area contributed by atoms with Gasteiger partial charge in [0.05, 0.1) is 5.69 Å². The molecule has 5 N–H and O–H groups in total. The van der Waals surface area contributed by atoms with E-state index in [2.05, 4.69) is 15.5 Å². The molecule has 7 heteroatoms. The van der Waals surface area contributed by atoms with Crippen LogP contribution < -0.4 is 11.1 Å². The summed E-state index contributed by atoms with van der Waals surface area (Å²) in [7, 11) is 0. The molecular weight excluding hydrogens is 342 g/mol. The predicted octanol–water partition coefficient (Wildman–Crippen LogP) is 3.19. The van der Waals surface area contributed by atoms with Crippen molar-refractivity contribution in [3.8, 4) is 11.3 Å². The third-order valence-corrected chi connectivity index (χ3v) is 4.01. The normalized spacial score (nSPS) is 10.4. The summed E-state index contributed by atoms with van der Waals surface area (Å²) < 4.78 is 0. The van der Waals surface area contributed by atoms with Gasteiger partial charge in [-0.05, 0) is 36.2 Å². The second kappa shape index (κ2) is 8.09. The van der Waals surface area contributed by atoms with Gasteiger partial charge in [-0.2, -0.15) is 0 Å². The van der Waals surface area contributed by atoms with Crippen molar-refractivity contribution in [1.82, 2.24) is 10.2 Å². The van der Waals surface area contributed by atoms with Crippen LogP contribution in [0.15, 0.2) is 60.7 Å². The number of nitrogens with two attached hydrogens (primary N) is 1. The van der Waals surface area contributed by atoms with Crippen molar-refractivity contribution in [2.45, 2.75) is 12.8 Å². The van der Waals surface area contributed by atoms with E-state index in [1.165, 1.54) is 0 Å². The maximum Gasteiger partial charge on any atom is 0.303 e. The van der Waals surface area contributed by atoms with E-state index in [0.717, 1.165) is 22.5 Å². The Balaban J connectivity index is 1.65. The van der Waals surface area contributed by atoms with E-state index >= 15 is 0 Å². The van der Waals surface area contributed by atoms with Crippen LogP contribution in [0, 0.1) is 5.41 Å². The molecule has 3 rings (SSSR count). The number of amidine groups is 1. The summed E-state index contributed by atoms with van der Waals surface area (Å²) in [6.45, 7) is 0. The minimum atomic E-state index is -0.802. The van der Waals surface area contributed by atoms with Gasteiger partial charge in [-0.1, -0.05) is 36.4 Å². The van der Waals surface area contributed by atoms with Crippen molar-refractivity contribution in [3.63, 3.8) is 0 Å². The van der Waals surface area contributed by atoms with Crippen molar-refractivity contribution in [3.05, 3.63) is 71.8 Å². The molecule has 27 heavy (non-hydrogen) atoms. The van der Waals surface area contributed by atoms with Crippen molar-refractivity contribution >= 4 is 23.3 Å². The van der Waals surface area contributed by atoms with Gasteiger partial charge in [0.25, 0.3) is 0 Å². The van der Waals surface area contributed by atoms with Gasteiger partial charge < -0.3 is 16.2 Å². The van der Waals surface area contributed by atoms with Crippen LogP contribution in [-0.2, 0) is 11.2 Å². The highest BCUT2D eigenvalue weighted by molar-refractivity contribution is 5.95. The fraction of sp³-hybridized carbons (Fsp3) is 0.100. The first-order chi connectivity index (χ1) is 13.0. The number of aromatic nitrogens is 2. The summed E-state index contributed by atoms with van der Waals surface area (Å²) >= 11 is 0. The molecule has 0 radical (unpaired) electrons. The highest BCUT2D eigenvalue weighted by Gasteiger charge is 2.04. The van der Waals surface area contributed by atoms with Gasteiger partial charge >= 0.3 is 5.97 Å². The number of carboxylic acids is 1. The summed E-state index contributed by atoms with van der Waals surface area (Å²) in [5.41, 5.74) is 9.55. The largest absolute Gasteiger partial charge is 0.481 e. The Morgan fingerprint density at radius 3 is 2.26 bits per heavy atom. The molecule has 0 aliphatic carbocycles. The Bertz CT molecular complexity index is 936. The summed E-state index contributed by atoms with van der Waals surface area (Å²) in [5.74, 6) is -0.165. The van der Waals surface area contributed by atoms with E-state index < -0.39 is 5.97 Å². The molecule has 0 saturated carbocycles. The number of aryl methyl sites for hydroxylation is 1. The van der Waals surface area contributed by atoms with Crippen LogP contribution in [0.25, 0.3) is 11.3 Å². The molecule has 2 aromatic carbocycles. The molecule has 1 aromatic heterocycles. The van der Waals surface area contributed by atoms with E-state index in [0.29, 0.717) is 17.8 Å². The van der Waals surface area contributed by atoms with E-state index in [1.807, 2.05) is 48.5 Å². The topological polar surface area (TPSA) is 125 Å². The third-order valence-electron chi connectivity index (χ3n) is 4.01. The molecule has 0 saturated heterocycles. The first kappa shape index (κ1) is 18.1. The standard InChI is InChI=1S/C20H19N5O2/c21-20(22)15-6-4-14(5-7-15)17-10-11-18(25-24-17)23-16-8-1-13(2-9-16)3-12-19(26)27/h1-2,4-11H,3,12H2,(H3,21,22)(H,23,25)(H,26,27). The van der Waals surface area contributed by atoms with Gasteiger partial charge in [-0.25, -0.2) is 0 Å². The number of anilines is 2. The SMILES string of the molecule is N=C(N)c1ccc(-c2ccc(Nc3ccc(CCC(=O)O)cc3)nn2)cc1. The molecule has 0 atom stereocenters. The van der Waals surface area contributed by atoms with Crippen molar-refractivity contribution in [2.24, 2.45) is 5.73 Å². The number of rotatable bonds is 7. The van der Waals surface area contributed by atoms with Crippen LogP contribution in [0.5, 0.6) is 0 Å². The second-order valence-electron chi connectivity index (χ2n) is 6.01. The number of nitrogens with one attached hydrogen (secondary N) is 2. The molecule has 0 unspecified atom stereocenters. The molecule has 7 nitrogen and oxygen atoms in total. The fourth-order valence-electron chi connectivity index (χ4n) is 2.53. The van der Waals surface area contributed by atoms with E-state index in [9.17, 15) is 4.79 Å². The van der Waals surface area contributed by atoms with Crippen LogP contribution in [-0.4, -0.2) is 27.1 Å². The minimum Gasteiger partial charge on any atom is -0.481 e. The predicted molar refractivity (Wildman–Crippen MR) is 104 cm³/mol. The number of benzene rings is 2. The number of hydrogen-bond donors (Lipinski definition) is 4. The Kier molecular flexibility index (Phi) is 5.41. The number of hydrogen-bond acceptors (Lipinski definition) is 5. The molecule has 0 amide bonds. The van der Waals surface area contributed by atoms with Crippen LogP contribution in [0.1, 0.15) is 17.5 Å². The molecule has 1 heterocycles. The summed E-state index contributed by atoms with van der Waals surface area (Å²) in [6.07, 6.45) is 0.625. The lowest BCUT2D eigenvalue weighted by Crippen LogP contribution is -2.10. The minimum absolute atomic E-state index is 0.0289. The quantitative estimate of drug-likeness (QED) is 0.378. The van der Waals surface area contributed by atoms with E-state index in [-0.39, 0.29) is 12.3 Å². The van der Waals surface area contributed by atoms with Crippen LogP contribution in [0.3, 0.4) is 0 Å². The Morgan fingerprint density at radius 2 is 1.70 bits per heavy atom. The van der Waals surface area contributed by atoms with Crippen LogP contribution in [0.4, 0.5) is 11.5 Å². The lowest BCUT2D eigenvalue weighted by Gasteiger charge is -2.07. The van der Waals surface area contributed by atoms with Crippen molar-refractivity contribution in [2.75, 3.05) is 5.32 Å². The Labute approximate surface area is 156 Å².